The van der Waals surface area contributed by atoms with Gasteiger partial charge in [0.15, 0.2) is 0 Å². The van der Waals surface area contributed by atoms with Gasteiger partial charge < -0.3 is 10.1 Å². The van der Waals surface area contributed by atoms with Gasteiger partial charge in [-0.2, -0.15) is 0 Å². The van der Waals surface area contributed by atoms with Crippen LogP contribution in [0.15, 0.2) is 54.9 Å². The van der Waals surface area contributed by atoms with Crippen LogP contribution in [0.4, 0.5) is 5.82 Å². The van der Waals surface area contributed by atoms with Crippen LogP contribution in [0.2, 0.25) is 0 Å². The number of methoxy groups -OCH3 is 1. The second-order valence-electron chi connectivity index (χ2n) is 4.75. The molecule has 0 unspecified atom stereocenters. The molecule has 1 aromatic carbocycles. The van der Waals surface area contributed by atoms with Gasteiger partial charge in [0, 0.05) is 18.1 Å². The maximum atomic E-state index is 5.09. The third kappa shape index (κ3) is 3.11. The maximum absolute atomic E-state index is 5.09. The SMILES string of the molecule is COc1ccc(NCCc2cccc3cccnc23)nc1. The van der Waals surface area contributed by atoms with Crippen molar-refractivity contribution in [3.8, 4) is 5.75 Å². The number of hydrogen-bond acceptors (Lipinski definition) is 4. The highest BCUT2D eigenvalue weighted by Gasteiger charge is 2.02. The number of rotatable bonds is 5. The van der Waals surface area contributed by atoms with Gasteiger partial charge in [-0.05, 0) is 30.2 Å². The van der Waals surface area contributed by atoms with Crippen LogP contribution in [0.3, 0.4) is 0 Å². The Hall–Kier alpha value is -2.62. The molecular weight excluding hydrogens is 262 g/mol. The predicted octanol–water partition coefficient (Wildman–Crippen LogP) is 3.29. The molecule has 2 aromatic heterocycles. The Morgan fingerprint density at radius 3 is 2.76 bits per heavy atom. The van der Waals surface area contributed by atoms with Crippen molar-refractivity contribution in [2.24, 2.45) is 0 Å². The van der Waals surface area contributed by atoms with Crippen LogP contribution in [0.1, 0.15) is 5.56 Å². The van der Waals surface area contributed by atoms with Crippen LogP contribution in [-0.2, 0) is 6.42 Å². The number of aromatic nitrogens is 2. The minimum atomic E-state index is 0.763. The summed E-state index contributed by atoms with van der Waals surface area (Å²) in [5.74, 6) is 1.61. The zero-order valence-electron chi connectivity index (χ0n) is 11.9. The molecule has 1 N–H and O–H groups in total. The van der Waals surface area contributed by atoms with E-state index in [1.807, 2.05) is 24.4 Å². The third-order valence-electron chi connectivity index (χ3n) is 3.39. The van der Waals surface area contributed by atoms with Gasteiger partial charge in [0.05, 0.1) is 18.8 Å². The van der Waals surface area contributed by atoms with Gasteiger partial charge in [-0.1, -0.05) is 24.3 Å². The molecule has 0 aliphatic rings. The molecule has 3 rings (SSSR count). The van der Waals surface area contributed by atoms with E-state index in [4.69, 9.17) is 4.74 Å². The molecule has 0 radical (unpaired) electrons. The lowest BCUT2D eigenvalue weighted by Gasteiger charge is -2.08. The number of para-hydroxylation sites is 1. The van der Waals surface area contributed by atoms with Crippen molar-refractivity contribution in [2.75, 3.05) is 19.0 Å². The Kier molecular flexibility index (Phi) is 3.96. The molecule has 0 aliphatic heterocycles. The lowest BCUT2D eigenvalue weighted by atomic mass is 10.1. The van der Waals surface area contributed by atoms with Crippen molar-refractivity contribution >= 4 is 16.7 Å². The number of pyridine rings is 2. The van der Waals surface area contributed by atoms with E-state index in [0.717, 1.165) is 30.0 Å². The normalized spacial score (nSPS) is 10.5. The number of ether oxygens (including phenoxy) is 1. The molecule has 0 saturated heterocycles. The first-order valence-electron chi connectivity index (χ1n) is 6.93. The van der Waals surface area contributed by atoms with Crippen LogP contribution in [0.5, 0.6) is 5.75 Å². The van der Waals surface area contributed by atoms with Gasteiger partial charge in [-0.25, -0.2) is 4.98 Å². The van der Waals surface area contributed by atoms with Gasteiger partial charge in [0.1, 0.15) is 11.6 Å². The van der Waals surface area contributed by atoms with Gasteiger partial charge >= 0.3 is 0 Å². The van der Waals surface area contributed by atoms with E-state index in [1.54, 1.807) is 13.3 Å². The Bertz CT molecular complexity index is 720. The van der Waals surface area contributed by atoms with E-state index in [2.05, 4.69) is 39.6 Å². The zero-order chi connectivity index (χ0) is 14.5. The number of benzene rings is 1. The highest BCUT2D eigenvalue weighted by molar-refractivity contribution is 5.81. The van der Waals surface area contributed by atoms with Crippen molar-refractivity contribution < 1.29 is 4.74 Å². The predicted molar refractivity (Wildman–Crippen MR) is 84.7 cm³/mol. The van der Waals surface area contributed by atoms with Crippen LogP contribution in [0.25, 0.3) is 10.9 Å². The van der Waals surface area contributed by atoms with Crippen molar-refractivity contribution in [3.05, 3.63) is 60.4 Å². The van der Waals surface area contributed by atoms with E-state index >= 15 is 0 Å². The average molecular weight is 279 g/mol. The molecule has 0 fully saturated rings. The fraction of sp³-hybridized carbons (Fsp3) is 0.176. The molecular formula is C17H17N3O. The summed E-state index contributed by atoms with van der Waals surface area (Å²) in [7, 11) is 1.64. The molecule has 0 amide bonds. The molecule has 0 bridgehead atoms. The van der Waals surface area contributed by atoms with Crippen molar-refractivity contribution in [2.45, 2.75) is 6.42 Å². The summed E-state index contributed by atoms with van der Waals surface area (Å²) in [5.41, 5.74) is 2.32. The Morgan fingerprint density at radius 1 is 1.05 bits per heavy atom. The minimum absolute atomic E-state index is 0.763. The summed E-state index contributed by atoms with van der Waals surface area (Å²) in [5, 5.41) is 4.49. The molecule has 0 saturated carbocycles. The molecule has 0 aliphatic carbocycles. The molecule has 2 heterocycles. The zero-order valence-corrected chi connectivity index (χ0v) is 11.9. The van der Waals surface area contributed by atoms with Crippen molar-refractivity contribution in [1.82, 2.24) is 9.97 Å². The van der Waals surface area contributed by atoms with Crippen molar-refractivity contribution in [3.63, 3.8) is 0 Å². The smallest absolute Gasteiger partial charge is 0.137 e. The molecule has 106 valence electrons. The van der Waals surface area contributed by atoms with E-state index in [1.165, 1.54) is 10.9 Å². The van der Waals surface area contributed by atoms with E-state index in [0.29, 0.717) is 0 Å². The monoisotopic (exact) mass is 279 g/mol. The van der Waals surface area contributed by atoms with Crippen LogP contribution >= 0.6 is 0 Å². The van der Waals surface area contributed by atoms with E-state index < -0.39 is 0 Å². The molecule has 0 spiro atoms. The minimum Gasteiger partial charge on any atom is -0.495 e. The Morgan fingerprint density at radius 2 is 1.95 bits per heavy atom. The maximum Gasteiger partial charge on any atom is 0.137 e. The third-order valence-corrected chi connectivity index (χ3v) is 3.39. The quantitative estimate of drug-likeness (QED) is 0.778. The van der Waals surface area contributed by atoms with Gasteiger partial charge in [-0.15, -0.1) is 0 Å². The van der Waals surface area contributed by atoms with Crippen LogP contribution < -0.4 is 10.1 Å². The first-order chi connectivity index (χ1) is 10.4. The Labute approximate surface area is 123 Å². The number of hydrogen-bond donors (Lipinski definition) is 1. The summed E-state index contributed by atoms with van der Waals surface area (Å²) in [6.45, 7) is 0.815. The summed E-state index contributed by atoms with van der Waals surface area (Å²) >= 11 is 0. The molecule has 3 aromatic rings. The first kappa shape index (κ1) is 13.4. The summed E-state index contributed by atoms with van der Waals surface area (Å²) in [4.78, 5) is 8.76. The topological polar surface area (TPSA) is 47.0 Å². The lowest BCUT2D eigenvalue weighted by molar-refractivity contribution is 0.413. The molecule has 4 heteroatoms. The fourth-order valence-electron chi connectivity index (χ4n) is 2.30. The first-order valence-corrected chi connectivity index (χ1v) is 6.93. The number of nitrogens with zero attached hydrogens (tertiary/aromatic N) is 2. The number of fused-ring (bicyclic) bond motifs is 1. The highest BCUT2D eigenvalue weighted by Crippen LogP contribution is 2.17. The second kappa shape index (κ2) is 6.22. The second-order valence-corrected chi connectivity index (χ2v) is 4.75. The van der Waals surface area contributed by atoms with Gasteiger partial charge in [0.2, 0.25) is 0 Å². The van der Waals surface area contributed by atoms with Gasteiger partial charge in [0.25, 0.3) is 0 Å². The number of anilines is 1. The molecule has 4 nitrogen and oxygen atoms in total. The summed E-state index contributed by atoms with van der Waals surface area (Å²) in [6, 6.07) is 14.2. The van der Waals surface area contributed by atoms with E-state index in [9.17, 15) is 0 Å². The highest BCUT2D eigenvalue weighted by atomic mass is 16.5. The molecule has 21 heavy (non-hydrogen) atoms. The number of nitrogens with one attached hydrogen (secondary N) is 1. The largest absolute Gasteiger partial charge is 0.495 e. The Balaban J connectivity index is 1.66. The van der Waals surface area contributed by atoms with Crippen molar-refractivity contribution in [1.29, 1.82) is 0 Å². The fourth-order valence-corrected chi connectivity index (χ4v) is 2.30. The summed E-state index contributed by atoms with van der Waals surface area (Å²) < 4.78 is 5.09. The lowest BCUT2D eigenvalue weighted by Crippen LogP contribution is -2.06. The van der Waals surface area contributed by atoms with Gasteiger partial charge in [-0.3, -0.25) is 4.98 Å². The summed E-state index contributed by atoms with van der Waals surface area (Å²) in [6.07, 6.45) is 4.45. The molecule has 0 atom stereocenters. The van der Waals surface area contributed by atoms with E-state index in [-0.39, 0.29) is 0 Å². The standard InChI is InChI=1S/C17H17N3O/c1-21-15-7-8-16(20-12-15)18-11-9-14-5-2-4-13-6-3-10-19-17(13)14/h2-8,10,12H,9,11H2,1H3,(H,18,20). The average Bonchev–Trinajstić information content (AvgIpc) is 2.56. The van der Waals surface area contributed by atoms with Crippen LogP contribution in [-0.4, -0.2) is 23.6 Å². The van der Waals surface area contributed by atoms with Crippen LogP contribution in [0, 0.1) is 0 Å².